The summed E-state index contributed by atoms with van der Waals surface area (Å²) >= 11 is 3.50. The van der Waals surface area contributed by atoms with Crippen LogP contribution in [-0.2, 0) is 0 Å². The number of hydrogen-bond donors (Lipinski definition) is 0. The van der Waals surface area contributed by atoms with Crippen LogP contribution < -0.4 is 10.5 Å². The highest BCUT2D eigenvalue weighted by atomic mass is 79.9. The van der Waals surface area contributed by atoms with Crippen molar-refractivity contribution in [3.63, 3.8) is 0 Å². The molecule has 0 radical (unpaired) electrons. The zero-order valence-corrected chi connectivity index (χ0v) is 17.0. The number of piperazine rings is 1. The van der Waals surface area contributed by atoms with Crippen molar-refractivity contribution in [1.29, 1.82) is 0 Å². The van der Waals surface area contributed by atoms with Gasteiger partial charge in [-0.05, 0) is 53.3 Å². The van der Waals surface area contributed by atoms with Gasteiger partial charge in [-0.15, -0.1) is 0 Å². The molecule has 0 atom stereocenters. The monoisotopic (exact) mass is 438 g/mol. The molecule has 1 fully saturated rings. The van der Waals surface area contributed by atoms with Crippen molar-refractivity contribution in [2.24, 2.45) is 0 Å². The fraction of sp³-hybridized carbons (Fsp3) is 0.238. The summed E-state index contributed by atoms with van der Waals surface area (Å²) in [5, 5.41) is 0.892. The molecule has 7 heteroatoms. The van der Waals surface area contributed by atoms with Gasteiger partial charge >= 0.3 is 5.63 Å². The van der Waals surface area contributed by atoms with E-state index in [1.165, 1.54) is 0 Å². The van der Waals surface area contributed by atoms with E-state index in [9.17, 15) is 4.79 Å². The number of nitrogens with zero attached hydrogens (tertiary/aromatic N) is 4. The van der Waals surface area contributed by atoms with Crippen molar-refractivity contribution in [1.82, 2.24) is 14.3 Å². The summed E-state index contributed by atoms with van der Waals surface area (Å²) in [6.07, 6.45) is 3.75. The Bertz CT molecular complexity index is 1240. The Morgan fingerprint density at radius 2 is 1.93 bits per heavy atom. The van der Waals surface area contributed by atoms with E-state index in [-0.39, 0.29) is 5.63 Å². The Balaban J connectivity index is 1.56. The van der Waals surface area contributed by atoms with Crippen molar-refractivity contribution < 1.29 is 4.42 Å². The maximum atomic E-state index is 12.7. The molecule has 4 aromatic rings. The minimum absolute atomic E-state index is 0.373. The van der Waals surface area contributed by atoms with Gasteiger partial charge in [0.1, 0.15) is 5.58 Å². The van der Waals surface area contributed by atoms with Crippen LogP contribution in [-0.4, -0.2) is 47.5 Å². The van der Waals surface area contributed by atoms with Crippen LogP contribution in [0.25, 0.3) is 27.9 Å². The number of aromatic nitrogens is 2. The van der Waals surface area contributed by atoms with Crippen molar-refractivity contribution in [3.05, 3.63) is 63.7 Å². The lowest BCUT2D eigenvalue weighted by atomic mass is 10.1. The smallest absolute Gasteiger partial charge is 0.345 e. The molecule has 0 saturated carbocycles. The minimum atomic E-state index is -0.373. The SMILES string of the molecule is CN1CCN(c2ccc3cc(-c4cn5cccc(Br)c5n4)c(=O)oc3c2)CC1. The Hall–Kier alpha value is -2.64. The Morgan fingerprint density at radius 3 is 2.71 bits per heavy atom. The molecule has 142 valence electrons. The van der Waals surface area contributed by atoms with Crippen molar-refractivity contribution >= 4 is 38.2 Å². The molecule has 1 saturated heterocycles. The fourth-order valence-electron chi connectivity index (χ4n) is 3.65. The summed E-state index contributed by atoms with van der Waals surface area (Å²) < 4.78 is 8.44. The third-order valence-electron chi connectivity index (χ3n) is 5.30. The molecule has 1 aromatic carbocycles. The second kappa shape index (κ2) is 6.76. The van der Waals surface area contributed by atoms with Crippen molar-refractivity contribution in [2.75, 3.05) is 38.1 Å². The highest BCUT2D eigenvalue weighted by Gasteiger charge is 2.17. The molecule has 0 unspecified atom stereocenters. The average molecular weight is 439 g/mol. The predicted molar refractivity (Wildman–Crippen MR) is 114 cm³/mol. The van der Waals surface area contributed by atoms with Crippen LogP contribution in [0, 0.1) is 0 Å². The normalized spacial score (nSPS) is 15.6. The number of fused-ring (bicyclic) bond motifs is 2. The number of benzene rings is 1. The van der Waals surface area contributed by atoms with E-state index in [1.807, 2.05) is 47.1 Å². The van der Waals surface area contributed by atoms with Gasteiger partial charge in [0, 0.05) is 55.7 Å². The van der Waals surface area contributed by atoms with Crippen LogP contribution in [0.4, 0.5) is 5.69 Å². The highest BCUT2D eigenvalue weighted by molar-refractivity contribution is 9.10. The molecular weight excluding hydrogens is 420 g/mol. The summed E-state index contributed by atoms with van der Waals surface area (Å²) in [4.78, 5) is 21.9. The van der Waals surface area contributed by atoms with Gasteiger partial charge in [-0.1, -0.05) is 0 Å². The third kappa shape index (κ3) is 3.00. The first-order valence-electron chi connectivity index (χ1n) is 9.23. The molecule has 0 N–H and O–H groups in total. The summed E-state index contributed by atoms with van der Waals surface area (Å²) in [6.45, 7) is 4.01. The first-order valence-corrected chi connectivity index (χ1v) is 10.0. The summed E-state index contributed by atoms with van der Waals surface area (Å²) in [6, 6.07) is 11.8. The van der Waals surface area contributed by atoms with Gasteiger partial charge in [0.05, 0.1) is 15.7 Å². The van der Waals surface area contributed by atoms with Gasteiger partial charge in [-0.25, -0.2) is 9.78 Å². The number of anilines is 1. The van der Waals surface area contributed by atoms with Gasteiger partial charge in [0.25, 0.3) is 0 Å². The standard InChI is InChI=1S/C21H19BrN4O2/c1-24-7-9-25(10-8-24)15-5-4-14-11-16(21(27)28-19(14)12-15)18-13-26-6-2-3-17(22)20(26)23-18/h2-6,11-13H,7-10H2,1H3. The number of halogens is 1. The lowest BCUT2D eigenvalue weighted by Crippen LogP contribution is -2.44. The molecule has 5 rings (SSSR count). The number of hydrogen-bond acceptors (Lipinski definition) is 5. The average Bonchev–Trinajstić information content (AvgIpc) is 3.13. The van der Waals surface area contributed by atoms with Crippen LogP contribution in [0.15, 0.2) is 62.5 Å². The van der Waals surface area contributed by atoms with Crippen LogP contribution in [0.3, 0.4) is 0 Å². The van der Waals surface area contributed by atoms with E-state index in [4.69, 9.17) is 4.42 Å². The summed E-state index contributed by atoms with van der Waals surface area (Å²) in [5.74, 6) is 0. The Kier molecular flexibility index (Phi) is 4.21. The molecule has 0 bridgehead atoms. The Labute approximate surface area is 170 Å². The zero-order valence-electron chi connectivity index (χ0n) is 15.4. The number of likely N-dealkylation sites (N-methyl/N-ethyl adjacent to an activating group) is 1. The molecule has 0 amide bonds. The fourth-order valence-corrected chi connectivity index (χ4v) is 4.09. The van der Waals surface area contributed by atoms with Gasteiger partial charge in [-0.2, -0.15) is 0 Å². The lowest BCUT2D eigenvalue weighted by molar-refractivity contribution is 0.313. The molecule has 0 spiro atoms. The van der Waals surface area contributed by atoms with E-state index in [2.05, 4.69) is 43.8 Å². The molecule has 1 aliphatic heterocycles. The van der Waals surface area contributed by atoms with Crippen LogP contribution >= 0.6 is 15.9 Å². The Morgan fingerprint density at radius 1 is 1.11 bits per heavy atom. The van der Waals surface area contributed by atoms with Crippen molar-refractivity contribution in [3.8, 4) is 11.3 Å². The molecule has 6 nitrogen and oxygen atoms in total. The van der Waals surface area contributed by atoms with Gasteiger partial charge in [0.2, 0.25) is 0 Å². The first-order chi connectivity index (χ1) is 13.6. The maximum Gasteiger partial charge on any atom is 0.345 e. The van der Waals surface area contributed by atoms with E-state index in [0.29, 0.717) is 16.8 Å². The van der Waals surface area contributed by atoms with Crippen LogP contribution in [0.2, 0.25) is 0 Å². The van der Waals surface area contributed by atoms with Crippen LogP contribution in [0.1, 0.15) is 0 Å². The third-order valence-corrected chi connectivity index (χ3v) is 5.92. The number of rotatable bonds is 2. The molecule has 0 aliphatic carbocycles. The van der Waals surface area contributed by atoms with Gasteiger partial charge in [0.15, 0.2) is 5.65 Å². The molecular formula is C21H19BrN4O2. The van der Waals surface area contributed by atoms with Gasteiger partial charge < -0.3 is 18.6 Å². The summed E-state index contributed by atoms with van der Waals surface area (Å²) in [5.41, 5.74) is 3.16. The number of imidazole rings is 1. The molecule has 28 heavy (non-hydrogen) atoms. The van der Waals surface area contributed by atoms with E-state index >= 15 is 0 Å². The first kappa shape index (κ1) is 17.5. The summed E-state index contributed by atoms with van der Waals surface area (Å²) in [7, 11) is 2.14. The minimum Gasteiger partial charge on any atom is -0.422 e. The van der Waals surface area contributed by atoms with E-state index in [1.54, 1.807) is 0 Å². The largest absolute Gasteiger partial charge is 0.422 e. The maximum absolute atomic E-state index is 12.7. The predicted octanol–water partition coefficient (Wildman–Crippen LogP) is 3.62. The topological polar surface area (TPSA) is 54.0 Å². The van der Waals surface area contributed by atoms with E-state index in [0.717, 1.165) is 47.4 Å². The van der Waals surface area contributed by atoms with Gasteiger partial charge in [-0.3, -0.25) is 0 Å². The van der Waals surface area contributed by atoms with E-state index < -0.39 is 0 Å². The quantitative estimate of drug-likeness (QED) is 0.447. The second-order valence-electron chi connectivity index (χ2n) is 7.17. The lowest BCUT2D eigenvalue weighted by Gasteiger charge is -2.34. The molecule has 3 aromatic heterocycles. The molecule has 1 aliphatic rings. The number of pyridine rings is 1. The van der Waals surface area contributed by atoms with Crippen molar-refractivity contribution in [2.45, 2.75) is 0 Å². The second-order valence-corrected chi connectivity index (χ2v) is 8.03. The highest BCUT2D eigenvalue weighted by Crippen LogP contribution is 2.27. The molecule has 4 heterocycles. The van der Waals surface area contributed by atoms with Crippen LogP contribution in [0.5, 0.6) is 0 Å². The zero-order chi connectivity index (χ0) is 19.3.